The number of aliphatic hydroxyl groups is 1. The minimum Gasteiger partial charge on any atom is -0.450 e. The van der Waals surface area contributed by atoms with E-state index in [1.807, 2.05) is 0 Å². The molecule has 192 valence electrons. The minimum atomic E-state index is -3.47. The highest BCUT2D eigenvalue weighted by molar-refractivity contribution is 7.86. The fourth-order valence-electron chi connectivity index (χ4n) is 6.18. The first-order chi connectivity index (χ1) is 16.1. The molecule has 34 heavy (non-hydrogen) atoms. The van der Waals surface area contributed by atoms with Gasteiger partial charge in [0.15, 0.2) is 0 Å². The van der Waals surface area contributed by atoms with Crippen molar-refractivity contribution in [1.29, 1.82) is 0 Å². The number of amides is 2. The van der Waals surface area contributed by atoms with Crippen LogP contribution in [0.3, 0.4) is 0 Å². The van der Waals surface area contributed by atoms with Crippen molar-refractivity contribution in [3.63, 3.8) is 0 Å². The van der Waals surface area contributed by atoms with Crippen LogP contribution >= 0.6 is 0 Å². The van der Waals surface area contributed by atoms with Gasteiger partial charge in [0.2, 0.25) is 0 Å². The van der Waals surface area contributed by atoms with Crippen LogP contribution in [0.1, 0.15) is 39.5 Å². The van der Waals surface area contributed by atoms with Crippen LogP contribution in [-0.4, -0.2) is 116 Å². The number of hydrogen-bond acceptors (Lipinski definition) is 10. The molecule has 0 aromatic rings. The van der Waals surface area contributed by atoms with E-state index in [4.69, 9.17) is 23.1 Å². The van der Waals surface area contributed by atoms with E-state index in [0.717, 1.165) is 6.26 Å². The molecule has 6 aliphatic rings. The van der Waals surface area contributed by atoms with E-state index in [0.29, 0.717) is 38.9 Å². The molecule has 4 bridgehead atoms. The van der Waals surface area contributed by atoms with Crippen molar-refractivity contribution in [2.24, 2.45) is 0 Å². The number of piperidine rings is 2. The van der Waals surface area contributed by atoms with E-state index in [1.54, 1.807) is 23.6 Å². The Balaban J connectivity index is 0.000000145. The Morgan fingerprint density at radius 2 is 1.21 bits per heavy atom. The number of hydrogen-bond donors (Lipinski definition) is 1. The molecule has 6 fully saturated rings. The van der Waals surface area contributed by atoms with Gasteiger partial charge < -0.3 is 24.1 Å². The van der Waals surface area contributed by atoms with Gasteiger partial charge >= 0.3 is 12.2 Å². The molecule has 0 aromatic carbocycles. The van der Waals surface area contributed by atoms with Crippen LogP contribution in [0.4, 0.5) is 9.59 Å². The zero-order valence-corrected chi connectivity index (χ0v) is 20.3. The van der Waals surface area contributed by atoms with Gasteiger partial charge in [0.05, 0.1) is 55.8 Å². The van der Waals surface area contributed by atoms with E-state index in [2.05, 4.69) is 0 Å². The third-order valence-electron chi connectivity index (χ3n) is 7.37. The maximum atomic E-state index is 11.9. The number of fused-ring (bicyclic) bond motifs is 10. The molecule has 6 unspecified atom stereocenters. The normalized spacial score (nSPS) is 42.7. The first kappa shape index (κ1) is 24.0. The molecule has 1 N–H and O–H groups in total. The van der Waals surface area contributed by atoms with Crippen molar-refractivity contribution >= 4 is 22.3 Å². The fraction of sp³-hybridized carbons (Fsp3) is 0.905. The summed E-state index contributed by atoms with van der Waals surface area (Å²) in [7, 11) is -3.47. The molecule has 0 saturated carbocycles. The number of carbonyl (C=O) groups is 2. The van der Waals surface area contributed by atoms with Crippen LogP contribution in [0.5, 0.6) is 0 Å². The largest absolute Gasteiger partial charge is 0.450 e. The van der Waals surface area contributed by atoms with Crippen molar-refractivity contribution in [3.8, 4) is 0 Å². The third kappa shape index (κ3) is 4.36. The summed E-state index contributed by atoms with van der Waals surface area (Å²) in [6.07, 6.45) is 2.32. The van der Waals surface area contributed by atoms with Gasteiger partial charge in [-0.1, -0.05) is 0 Å². The maximum Gasteiger partial charge on any atom is 0.410 e. The molecular formula is C21H32N2O10S. The average molecular weight is 505 g/mol. The average Bonchev–Trinajstić information content (AvgIpc) is 3.64. The van der Waals surface area contributed by atoms with E-state index < -0.39 is 10.1 Å². The first-order valence-corrected chi connectivity index (χ1v) is 13.7. The summed E-state index contributed by atoms with van der Waals surface area (Å²) in [6.45, 7) is 4.29. The monoisotopic (exact) mass is 504 g/mol. The molecule has 12 nitrogen and oxygen atoms in total. The zero-order valence-electron chi connectivity index (χ0n) is 19.4. The summed E-state index contributed by atoms with van der Waals surface area (Å²) in [6, 6.07) is -0.199. The topological polar surface area (TPSA) is 148 Å². The fourth-order valence-corrected chi connectivity index (χ4v) is 6.83. The predicted molar refractivity (Wildman–Crippen MR) is 114 cm³/mol. The van der Waals surface area contributed by atoms with Crippen molar-refractivity contribution in [3.05, 3.63) is 0 Å². The Labute approximate surface area is 198 Å². The Bertz CT molecular complexity index is 895. The lowest BCUT2D eigenvalue weighted by molar-refractivity contribution is -0.0123. The second-order valence-corrected chi connectivity index (χ2v) is 11.2. The van der Waals surface area contributed by atoms with Crippen molar-refractivity contribution in [1.82, 2.24) is 9.80 Å². The lowest BCUT2D eigenvalue weighted by atomic mass is 9.99. The molecule has 13 heteroatoms. The van der Waals surface area contributed by atoms with Crippen LogP contribution in [0.15, 0.2) is 0 Å². The minimum absolute atomic E-state index is 0.0163. The number of nitrogens with zero attached hydrogens (tertiary/aromatic N) is 2. The Morgan fingerprint density at radius 3 is 1.56 bits per heavy atom. The molecule has 6 saturated heterocycles. The number of morpholine rings is 2. The predicted octanol–water partition coefficient (Wildman–Crippen LogP) is 0.220. The summed E-state index contributed by atoms with van der Waals surface area (Å²) in [5, 5.41) is 9.62. The van der Waals surface area contributed by atoms with Crippen LogP contribution in [0, 0.1) is 0 Å². The van der Waals surface area contributed by atoms with E-state index in [-0.39, 0.29) is 73.0 Å². The maximum absolute atomic E-state index is 11.9. The molecular weight excluding hydrogens is 472 g/mol. The van der Waals surface area contributed by atoms with Gasteiger partial charge in [-0.05, 0) is 39.5 Å². The van der Waals surface area contributed by atoms with Crippen molar-refractivity contribution in [2.45, 2.75) is 100 Å². The number of epoxide rings is 2. The van der Waals surface area contributed by atoms with Crippen molar-refractivity contribution < 1.29 is 46.2 Å². The molecule has 0 spiro atoms. The smallest absolute Gasteiger partial charge is 0.410 e. The summed E-state index contributed by atoms with van der Waals surface area (Å²) in [5.41, 5.74) is 0. The van der Waals surface area contributed by atoms with Crippen LogP contribution in [0.2, 0.25) is 0 Å². The third-order valence-corrected chi connectivity index (χ3v) is 7.99. The SMILES string of the molecule is CCOC(=O)N1C2CC(O)CC1[C@@H]1O[C@H]21.CCOC(=O)N1C2CC(OS(C)(=O)=O)CC1[C@@H]1O[C@H]21. The standard InChI is InChI=1S/C11H17NO6S.C10H15NO4/c1-3-16-11(13)12-7-4-6(18-19(2,14)15)5-8(12)10-9(7)17-10;1-2-14-10(13)11-6-3-5(12)4-7(11)9-8(6)15-9/h6-10H,3-5H2,1-2H3;5-9,12H,2-4H2,1H3/t6?,7?,8?,9-,10+;5?,6?,7?,8-,9+. The van der Waals surface area contributed by atoms with Gasteiger partial charge in [0, 0.05) is 0 Å². The molecule has 2 amide bonds. The van der Waals surface area contributed by atoms with Gasteiger partial charge in [0.25, 0.3) is 10.1 Å². The number of aliphatic hydroxyl groups excluding tert-OH is 1. The Hall–Kier alpha value is -1.67. The van der Waals surface area contributed by atoms with Gasteiger partial charge in [-0.3, -0.25) is 14.0 Å². The molecule has 0 aliphatic carbocycles. The summed E-state index contributed by atoms with van der Waals surface area (Å²) < 4.78 is 48.4. The second-order valence-electron chi connectivity index (χ2n) is 9.63. The zero-order chi connectivity index (χ0) is 24.4. The van der Waals surface area contributed by atoms with E-state index in [1.165, 1.54) is 0 Å². The molecule has 6 aliphatic heterocycles. The molecule has 0 radical (unpaired) electrons. The summed E-state index contributed by atoms with van der Waals surface area (Å²) in [4.78, 5) is 27.1. The van der Waals surface area contributed by atoms with Crippen LogP contribution in [-0.2, 0) is 33.2 Å². The van der Waals surface area contributed by atoms with Gasteiger partial charge in [-0.2, -0.15) is 8.42 Å². The van der Waals surface area contributed by atoms with Crippen LogP contribution in [0.25, 0.3) is 0 Å². The lowest BCUT2D eigenvalue weighted by Crippen LogP contribution is -2.52. The molecule has 0 aromatic heterocycles. The van der Waals surface area contributed by atoms with E-state index in [9.17, 15) is 23.1 Å². The number of rotatable bonds is 4. The summed E-state index contributed by atoms with van der Waals surface area (Å²) >= 11 is 0. The van der Waals surface area contributed by atoms with Gasteiger partial charge in [-0.25, -0.2) is 9.59 Å². The summed E-state index contributed by atoms with van der Waals surface area (Å²) in [5.74, 6) is 0. The van der Waals surface area contributed by atoms with Crippen LogP contribution < -0.4 is 0 Å². The number of carbonyl (C=O) groups excluding carboxylic acids is 2. The van der Waals surface area contributed by atoms with Gasteiger partial charge in [-0.15, -0.1) is 0 Å². The molecule has 6 heterocycles. The number of ether oxygens (including phenoxy) is 4. The quantitative estimate of drug-likeness (QED) is 0.416. The Morgan fingerprint density at radius 1 is 0.824 bits per heavy atom. The highest BCUT2D eigenvalue weighted by atomic mass is 32.2. The second kappa shape index (κ2) is 8.77. The first-order valence-electron chi connectivity index (χ1n) is 11.9. The van der Waals surface area contributed by atoms with Gasteiger partial charge in [0.1, 0.15) is 24.4 Å². The van der Waals surface area contributed by atoms with E-state index >= 15 is 0 Å². The molecule has 10 atom stereocenters. The molecule has 6 rings (SSSR count). The highest BCUT2D eigenvalue weighted by Crippen LogP contribution is 2.50. The van der Waals surface area contributed by atoms with Crippen molar-refractivity contribution in [2.75, 3.05) is 19.5 Å². The Kier molecular flexibility index (Phi) is 6.20. The highest BCUT2D eigenvalue weighted by Gasteiger charge is 2.66. The lowest BCUT2D eigenvalue weighted by Gasteiger charge is -2.39.